The highest BCUT2D eigenvalue weighted by atomic mass is 32.3. The number of amides is 3. The molecule has 16 heteroatoms. The number of fused-ring (bicyclic) bond motifs is 2. The molecule has 1 aromatic carbocycles. The number of hydrogen-bond donors (Lipinski definition) is 6. The highest BCUT2D eigenvalue weighted by Crippen LogP contribution is 2.66. The molecule has 0 radical (unpaired) electrons. The smallest absolute Gasteiger partial charge is 0.408 e. The van der Waals surface area contributed by atoms with Gasteiger partial charge in [-0.15, -0.1) is 22.1 Å². The van der Waals surface area contributed by atoms with Gasteiger partial charge in [-0.25, -0.2) is 14.8 Å². The van der Waals surface area contributed by atoms with E-state index >= 15 is 0 Å². The summed E-state index contributed by atoms with van der Waals surface area (Å²) in [4.78, 5) is 51.3. The number of anilines is 1. The molecule has 2 saturated carbocycles. The first-order chi connectivity index (χ1) is 25.8. The highest BCUT2D eigenvalue weighted by Gasteiger charge is 2.64. The average Bonchev–Trinajstić information content (AvgIpc) is 3.95. The summed E-state index contributed by atoms with van der Waals surface area (Å²) in [6.45, 7) is 3.99. The molecule has 2 aromatic heterocycles. The van der Waals surface area contributed by atoms with Gasteiger partial charge in [0, 0.05) is 35.4 Å². The van der Waals surface area contributed by atoms with E-state index in [9.17, 15) is 28.6 Å². The number of carbonyl (C=O) groups excluding carboxylic acids is 2. The first-order valence-corrected chi connectivity index (χ1v) is 21.6. The molecule has 3 aromatic rings. The minimum Gasteiger partial charge on any atom is -0.497 e. The molecule has 2 saturated heterocycles. The van der Waals surface area contributed by atoms with Crippen molar-refractivity contribution in [3.8, 4) is 22.9 Å². The number of likely N-dealkylation sites (tertiary alicyclic amines) is 1. The number of ether oxygens (including phenoxy) is 2. The van der Waals surface area contributed by atoms with Gasteiger partial charge in [0.05, 0.1) is 29.6 Å². The van der Waals surface area contributed by atoms with Gasteiger partial charge in [-0.1, -0.05) is 44.9 Å². The van der Waals surface area contributed by atoms with Crippen LogP contribution in [0.1, 0.15) is 97.3 Å². The molecule has 1 spiro atoms. The number of methoxy groups -OCH3 is 1. The maximum atomic E-state index is 14.1. The van der Waals surface area contributed by atoms with Crippen LogP contribution < -0.4 is 24.8 Å². The Morgan fingerprint density at radius 1 is 1.04 bits per heavy atom. The van der Waals surface area contributed by atoms with Gasteiger partial charge in [-0.3, -0.25) is 28.3 Å². The van der Waals surface area contributed by atoms with Gasteiger partial charge < -0.3 is 25.2 Å². The van der Waals surface area contributed by atoms with E-state index in [1.54, 1.807) is 25.3 Å². The molecule has 2 aliphatic heterocycles. The summed E-state index contributed by atoms with van der Waals surface area (Å²) in [6, 6.07) is 6.27. The van der Waals surface area contributed by atoms with Crippen LogP contribution in [0, 0.1) is 5.92 Å². The fraction of sp³-hybridized carbons (Fsp3) is 0.605. The van der Waals surface area contributed by atoms with Crippen molar-refractivity contribution in [2.75, 3.05) is 19.0 Å². The van der Waals surface area contributed by atoms with Crippen molar-refractivity contribution in [3.63, 3.8) is 0 Å². The second-order valence-electron chi connectivity index (χ2n) is 15.7. The topological polar surface area (TPSA) is 195 Å². The van der Waals surface area contributed by atoms with Gasteiger partial charge in [-0.05, 0) is 64.0 Å². The van der Waals surface area contributed by atoms with E-state index in [0.717, 1.165) is 55.0 Å². The van der Waals surface area contributed by atoms with Crippen molar-refractivity contribution in [1.82, 2.24) is 24.9 Å². The molecule has 294 valence electrons. The summed E-state index contributed by atoms with van der Waals surface area (Å²) >= 11 is 1.46. The Labute approximate surface area is 321 Å². The Kier molecular flexibility index (Phi) is 10.9. The third-order valence-electron chi connectivity index (χ3n) is 11.5. The molecule has 14 nitrogen and oxygen atoms in total. The SMILES string of the molecule is COc1ccc2c(O[C@@H]3C[C@@H](C(=O)N[C@]45C[C@@H]4CCCCCCCCCC4(CC4)S(O)(O)NC5=O)N(C(=O)O)C3)cc(-c3csc(NC(C)C)n3)nc2c1. The summed E-state index contributed by atoms with van der Waals surface area (Å²) in [6.07, 6.45) is 8.17. The van der Waals surface area contributed by atoms with E-state index in [1.807, 2.05) is 25.3 Å². The van der Waals surface area contributed by atoms with Crippen molar-refractivity contribution in [1.29, 1.82) is 0 Å². The Morgan fingerprint density at radius 2 is 1.78 bits per heavy atom. The van der Waals surface area contributed by atoms with Crippen LogP contribution in [0.25, 0.3) is 22.3 Å². The number of carboxylic acid groups (broad SMARTS) is 1. The first-order valence-electron chi connectivity index (χ1n) is 19.1. The molecule has 54 heavy (non-hydrogen) atoms. The third-order valence-corrected chi connectivity index (χ3v) is 14.5. The van der Waals surface area contributed by atoms with Gasteiger partial charge in [-0.2, -0.15) is 0 Å². The summed E-state index contributed by atoms with van der Waals surface area (Å²) in [5, 5.41) is 19.9. The van der Waals surface area contributed by atoms with Crippen LogP contribution in [-0.2, 0) is 9.59 Å². The van der Waals surface area contributed by atoms with Crippen molar-refractivity contribution in [2.45, 2.75) is 126 Å². The lowest BCUT2D eigenvalue weighted by molar-refractivity contribution is -0.131. The predicted molar refractivity (Wildman–Crippen MR) is 209 cm³/mol. The Bertz CT molecular complexity index is 1880. The van der Waals surface area contributed by atoms with E-state index in [0.29, 0.717) is 65.9 Å². The highest BCUT2D eigenvalue weighted by molar-refractivity contribution is 8.24. The van der Waals surface area contributed by atoms with E-state index in [-0.39, 0.29) is 24.9 Å². The van der Waals surface area contributed by atoms with Crippen molar-refractivity contribution < 1.29 is 38.1 Å². The molecular weight excluding hydrogens is 733 g/mol. The zero-order chi connectivity index (χ0) is 38.3. The lowest BCUT2D eigenvalue weighted by Gasteiger charge is -2.42. The third kappa shape index (κ3) is 7.93. The van der Waals surface area contributed by atoms with E-state index < -0.39 is 51.1 Å². The van der Waals surface area contributed by atoms with Crippen LogP contribution in [-0.4, -0.2) is 89.1 Å². The van der Waals surface area contributed by atoms with Gasteiger partial charge in [0.25, 0.3) is 5.91 Å². The first kappa shape index (κ1) is 38.4. The minimum absolute atomic E-state index is 0.0489. The number of aromatic nitrogens is 2. The van der Waals surface area contributed by atoms with Crippen LogP contribution in [0.4, 0.5) is 9.93 Å². The molecule has 4 aliphatic rings. The van der Waals surface area contributed by atoms with Crippen molar-refractivity contribution >= 4 is 56.1 Å². The van der Waals surface area contributed by atoms with E-state index in [2.05, 4.69) is 15.4 Å². The average molecular weight is 785 g/mol. The predicted octanol–water partition coefficient (Wildman–Crippen LogP) is 7.40. The van der Waals surface area contributed by atoms with Gasteiger partial charge >= 0.3 is 6.09 Å². The van der Waals surface area contributed by atoms with Gasteiger partial charge in [0.1, 0.15) is 34.9 Å². The second kappa shape index (κ2) is 15.3. The lowest BCUT2D eigenvalue weighted by atomic mass is 10.0. The molecule has 6 N–H and O–H groups in total. The molecule has 0 bridgehead atoms. The van der Waals surface area contributed by atoms with Crippen LogP contribution in [0.3, 0.4) is 0 Å². The zero-order valence-corrected chi connectivity index (χ0v) is 32.8. The number of carbonyl (C=O) groups is 3. The Morgan fingerprint density at radius 3 is 2.48 bits per heavy atom. The zero-order valence-electron chi connectivity index (χ0n) is 31.1. The van der Waals surface area contributed by atoms with E-state index in [1.165, 1.54) is 11.3 Å². The minimum atomic E-state index is -3.47. The Hall–Kier alpha value is -3.86. The molecule has 0 unspecified atom stereocenters. The van der Waals surface area contributed by atoms with Crippen molar-refractivity contribution in [3.05, 3.63) is 29.6 Å². The fourth-order valence-electron chi connectivity index (χ4n) is 8.09. The number of thiazole rings is 1. The Balaban J connectivity index is 1.12. The summed E-state index contributed by atoms with van der Waals surface area (Å²) in [7, 11) is -1.90. The number of rotatable bonds is 8. The van der Waals surface area contributed by atoms with Crippen LogP contribution in [0.5, 0.6) is 11.5 Å². The lowest BCUT2D eigenvalue weighted by Crippen LogP contribution is -2.56. The summed E-state index contributed by atoms with van der Waals surface area (Å²) < 4.78 is 36.5. The maximum absolute atomic E-state index is 14.1. The van der Waals surface area contributed by atoms with Crippen LogP contribution in [0.2, 0.25) is 0 Å². The molecule has 4 fully saturated rings. The second-order valence-corrected chi connectivity index (χ2v) is 18.7. The molecule has 3 amide bonds. The number of nitrogens with zero attached hydrogens (tertiary/aromatic N) is 3. The maximum Gasteiger partial charge on any atom is 0.408 e. The standard InChI is InChI=1S/C38H52N6O8S2/c1-23(2)39-35-41-30(22-53-35)29-19-32(27-13-12-25(51-3)17-28(27)40-29)52-26-18-31(44(21-26)36(47)48)33(45)42-38-20-24(38)11-9-7-5-4-6-8-10-14-37(15-16-37)54(49,50)43-34(38)46/h12-13,17,19,22-24,26,31,49-50H,4-11,14-16,18,20-21H2,1-3H3,(H,39,41)(H,42,45)(H,43,46)(H,47,48)/t24-,26+,31-,38+/m0/s1. The van der Waals surface area contributed by atoms with Crippen LogP contribution >= 0.6 is 22.1 Å². The molecule has 7 rings (SSSR count). The fourth-order valence-corrected chi connectivity index (χ4v) is 10.7. The normalized spacial score (nSPS) is 27.3. The number of hydrogen-bond acceptors (Lipinski definition) is 11. The van der Waals surface area contributed by atoms with E-state index in [4.69, 9.17) is 19.4 Å². The largest absolute Gasteiger partial charge is 0.497 e. The van der Waals surface area contributed by atoms with Gasteiger partial charge in [0.15, 0.2) is 5.13 Å². The van der Waals surface area contributed by atoms with Gasteiger partial charge in [0.2, 0.25) is 5.91 Å². The number of nitrogens with one attached hydrogen (secondary N) is 3. The molecular formula is C38H52N6O8S2. The summed E-state index contributed by atoms with van der Waals surface area (Å²) in [5.41, 5.74) is 0.470. The quantitative estimate of drug-likeness (QED) is 0.133. The number of benzene rings is 1. The molecule has 4 atom stereocenters. The number of pyridine rings is 1. The van der Waals surface area contributed by atoms with Crippen LogP contribution in [0.15, 0.2) is 29.6 Å². The monoisotopic (exact) mass is 784 g/mol. The summed E-state index contributed by atoms with van der Waals surface area (Å²) in [5.74, 6) is -0.327. The molecule has 2 aliphatic carbocycles. The van der Waals surface area contributed by atoms with Crippen molar-refractivity contribution in [2.24, 2.45) is 5.92 Å². The molecule has 4 heterocycles.